The highest BCUT2D eigenvalue weighted by Gasteiger charge is 2.12. The molecule has 0 aliphatic heterocycles. The lowest BCUT2D eigenvalue weighted by Gasteiger charge is -2.02. The van der Waals surface area contributed by atoms with Gasteiger partial charge in [-0.15, -0.1) is 0 Å². The number of hydrogen-bond donors (Lipinski definition) is 1. The molecule has 1 N–H and O–H groups in total. The zero-order valence-electron chi connectivity index (χ0n) is 11.5. The minimum absolute atomic E-state index is 0.116. The molecule has 0 unspecified atom stereocenters. The molecule has 0 spiro atoms. The summed E-state index contributed by atoms with van der Waals surface area (Å²) >= 11 is 9.33. The third-order valence-corrected chi connectivity index (χ3v) is 5.50. The molecule has 7 heteroatoms. The third-order valence-electron chi connectivity index (χ3n) is 3.49. The highest BCUT2D eigenvalue weighted by Crippen LogP contribution is 2.29. The Morgan fingerprint density at radius 3 is 2.91 bits per heavy atom. The van der Waals surface area contributed by atoms with E-state index in [1.54, 1.807) is 22.6 Å². The molecule has 2 aromatic heterocycles. The molecule has 4 aromatic rings. The number of para-hydroxylation sites is 2. The van der Waals surface area contributed by atoms with Gasteiger partial charge in [-0.1, -0.05) is 35.1 Å². The molecule has 0 amide bonds. The van der Waals surface area contributed by atoms with Crippen LogP contribution in [0.1, 0.15) is 5.56 Å². The first-order chi connectivity index (χ1) is 11.0. The smallest absolute Gasteiger partial charge is 0.274 e. The number of fused-ring (bicyclic) bond motifs is 3. The van der Waals surface area contributed by atoms with E-state index in [1.165, 1.54) is 11.3 Å². The maximum absolute atomic E-state index is 12.7. The summed E-state index contributed by atoms with van der Waals surface area (Å²) in [7, 11) is 0. The van der Waals surface area contributed by atoms with E-state index in [0.717, 1.165) is 11.0 Å². The SMILES string of the molecule is O=c1/c(=C/c2cc(Cl)cc(I)c2O)sc2nc3ccccc3n12. The normalized spacial score (nSPS) is 12.5. The van der Waals surface area contributed by atoms with Gasteiger partial charge in [-0.25, -0.2) is 9.38 Å². The Labute approximate surface area is 152 Å². The number of phenolic OH excluding ortho intramolecular Hbond substituents is 1. The molecule has 0 aliphatic carbocycles. The van der Waals surface area contributed by atoms with Crippen molar-refractivity contribution in [2.45, 2.75) is 0 Å². The second-order valence-corrected chi connectivity index (χ2v) is 7.57. The van der Waals surface area contributed by atoms with Gasteiger partial charge in [-0.05, 0) is 52.9 Å². The van der Waals surface area contributed by atoms with E-state index in [9.17, 15) is 9.90 Å². The van der Waals surface area contributed by atoms with Gasteiger partial charge < -0.3 is 5.11 Å². The number of hydrogen-bond acceptors (Lipinski definition) is 4. The fraction of sp³-hybridized carbons (Fsp3) is 0. The predicted octanol–water partition coefficient (Wildman–Crippen LogP) is 3.42. The zero-order chi connectivity index (χ0) is 16.1. The highest BCUT2D eigenvalue weighted by molar-refractivity contribution is 14.1. The van der Waals surface area contributed by atoms with Crippen LogP contribution in [0.2, 0.25) is 5.02 Å². The molecule has 0 fully saturated rings. The number of imidazole rings is 1. The molecular weight excluding hydrogens is 447 g/mol. The maximum Gasteiger partial charge on any atom is 0.274 e. The van der Waals surface area contributed by atoms with Crippen molar-refractivity contribution in [2.75, 3.05) is 0 Å². The Bertz CT molecular complexity index is 1180. The quantitative estimate of drug-likeness (QED) is 0.449. The number of rotatable bonds is 1. The summed E-state index contributed by atoms with van der Waals surface area (Å²) in [6.45, 7) is 0. The van der Waals surface area contributed by atoms with Gasteiger partial charge >= 0.3 is 0 Å². The fourth-order valence-electron chi connectivity index (χ4n) is 2.45. The van der Waals surface area contributed by atoms with Crippen LogP contribution in [-0.2, 0) is 0 Å². The molecule has 0 radical (unpaired) electrons. The van der Waals surface area contributed by atoms with Crippen molar-refractivity contribution in [1.82, 2.24) is 9.38 Å². The zero-order valence-corrected chi connectivity index (χ0v) is 15.2. The van der Waals surface area contributed by atoms with Gasteiger partial charge in [0.05, 0.1) is 19.1 Å². The number of thiazole rings is 1. The third kappa shape index (κ3) is 2.41. The largest absolute Gasteiger partial charge is 0.506 e. The van der Waals surface area contributed by atoms with Crippen LogP contribution in [0.5, 0.6) is 5.75 Å². The number of benzene rings is 2. The minimum atomic E-state index is -0.145. The summed E-state index contributed by atoms with van der Waals surface area (Å²) in [5.74, 6) is 0.116. The molecule has 23 heavy (non-hydrogen) atoms. The van der Waals surface area contributed by atoms with E-state index in [1.807, 2.05) is 46.9 Å². The Morgan fingerprint density at radius 1 is 1.30 bits per heavy atom. The summed E-state index contributed by atoms with van der Waals surface area (Å²) in [5.41, 5.74) is 1.96. The first kappa shape index (κ1) is 14.9. The second kappa shape index (κ2) is 5.47. The van der Waals surface area contributed by atoms with Gasteiger partial charge in [0.15, 0.2) is 4.96 Å². The molecule has 0 saturated heterocycles. The van der Waals surface area contributed by atoms with Crippen LogP contribution in [0.3, 0.4) is 0 Å². The second-order valence-electron chi connectivity index (χ2n) is 4.96. The summed E-state index contributed by atoms with van der Waals surface area (Å²) in [6, 6.07) is 10.8. The van der Waals surface area contributed by atoms with E-state index >= 15 is 0 Å². The Balaban J connectivity index is 2.04. The van der Waals surface area contributed by atoms with Crippen molar-refractivity contribution < 1.29 is 5.11 Å². The number of halogens is 2. The predicted molar refractivity (Wildman–Crippen MR) is 101 cm³/mol. The van der Waals surface area contributed by atoms with Gasteiger partial charge in [0, 0.05) is 10.6 Å². The van der Waals surface area contributed by atoms with E-state index in [4.69, 9.17) is 11.6 Å². The average molecular weight is 455 g/mol. The average Bonchev–Trinajstić information content (AvgIpc) is 3.01. The number of aromatic nitrogens is 2. The summed E-state index contributed by atoms with van der Waals surface area (Å²) < 4.78 is 2.74. The lowest BCUT2D eigenvalue weighted by atomic mass is 10.2. The van der Waals surface area contributed by atoms with Crippen molar-refractivity contribution in [1.29, 1.82) is 0 Å². The summed E-state index contributed by atoms with van der Waals surface area (Å²) in [5, 5.41) is 10.7. The van der Waals surface area contributed by atoms with Gasteiger partial charge in [0.25, 0.3) is 5.56 Å². The molecule has 0 aliphatic rings. The van der Waals surface area contributed by atoms with E-state index in [0.29, 0.717) is 23.6 Å². The highest BCUT2D eigenvalue weighted by atomic mass is 127. The molecule has 2 heterocycles. The Morgan fingerprint density at radius 2 is 2.09 bits per heavy atom. The molecule has 4 nitrogen and oxygen atoms in total. The van der Waals surface area contributed by atoms with Crippen LogP contribution in [0.25, 0.3) is 22.1 Å². The summed E-state index contributed by atoms with van der Waals surface area (Å²) in [4.78, 5) is 17.8. The first-order valence-corrected chi connectivity index (χ1v) is 8.91. The Hall–Kier alpha value is -1.64. The molecule has 114 valence electrons. The Kier molecular flexibility index (Phi) is 3.55. The molecule has 2 aromatic carbocycles. The van der Waals surface area contributed by atoms with Crippen molar-refractivity contribution in [3.63, 3.8) is 0 Å². The van der Waals surface area contributed by atoms with Gasteiger partial charge in [-0.2, -0.15) is 0 Å². The molecule has 0 bridgehead atoms. The standard InChI is InChI=1S/C16H8ClIN2O2S/c17-9-5-8(14(21)10(18)7-9)6-13-15(22)20-12-4-2-1-3-11(12)19-16(20)23-13/h1-7,21H/b13-6-. The fourth-order valence-corrected chi connectivity index (χ4v) is 4.48. The van der Waals surface area contributed by atoms with Crippen molar-refractivity contribution in [3.8, 4) is 5.75 Å². The van der Waals surface area contributed by atoms with Gasteiger partial charge in [-0.3, -0.25) is 4.79 Å². The van der Waals surface area contributed by atoms with Crippen LogP contribution in [0.15, 0.2) is 41.2 Å². The van der Waals surface area contributed by atoms with Crippen LogP contribution in [-0.4, -0.2) is 14.5 Å². The number of nitrogens with zero attached hydrogens (tertiary/aromatic N) is 2. The summed E-state index contributed by atoms with van der Waals surface area (Å²) in [6.07, 6.45) is 1.65. The molecule has 0 saturated carbocycles. The number of phenols is 1. The van der Waals surface area contributed by atoms with E-state index in [-0.39, 0.29) is 11.3 Å². The molecule has 0 atom stereocenters. The first-order valence-electron chi connectivity index (χ1n) is 6.64. The maximum atomic E-state index is 12.7. The number of aromatic hydroxyl groups is 1. The van der Waals surface area contributed by atoms with Crippen molar-refractivity contribution >= 4 is 67.6 Å². The van der Waals surface area contributed by atoms with Crippen molar-refractivity contribution in [2.24, 2.45) is 0 Å². The van der Waals surface area contributed by atoms with Crippen LogP contribution >= 0.6 is 45.5 Å². The van der Waals surface area contributed by atoms with E-state index < -0.39 is 0 Å². The van der Waals surface area contributed by atoms with Gasteiger partial charge in [0.2, 0.25) is 0 Å². The lowest BCUT2D eigenvalue weighted by Crippen LogP contribution is -2.22. The van der Waals surface area contributed by atoms with E-state index in [2.05, 4.69) is 4.98 Å². The van der Waals surface area contributed by atoms with Crippen LogP contribution < -0.4 is 10.1 Å². The monoisotopic (exact) mass is 454 g/mol. The topological polar surface area (TPSA) is 54.6 Å². The van der Waals surface area contributed by atoms with Crippen LogP contribution in [0.4, 0.5) is 0 Å². The minimum Gasteiger partial charge on any atom is -0.506 e. The van der Waals surface area contributed by atoms with Crippen molar-refractivity contribution in [3.05, 3.63) is 65.4 Å². The van der Waals surface area contributed by atoms with Crippen LogP contribution in [0, 0.1) is 3.57 Å². The van der Waals surface area contributed by atoms with Gasteiger partial charge in [0.1, 0.15) is 5.75 Å². The molecule has 4 rings (SSSR count). The lowest BCUT2D eigenvalue weighted by molar-refractivity contribution is 0.470. The molecular formula is C16H8ClIN2O2S.